The number of carbonyl (C=O) groups excluding carboxylic acids is 1. The number of anilines is 1. The first-order valence-electron chi connectivity index (χ1n) is 6.27. The van der Waals surface area contributed by atoms with Crippen molar-refractivity contribution in [3.8, 4) is 0 Å². The van der Waals surface area contributed by atoms with Crippen LogP contribution < -0.4 is 5.32 Å². The van der Waals surface area contributed by atoms with Crippen molar-refractivity contribution in [2.75, 3.05) is 11.1 Å². The minimum atomic E-state index is -4.60. The van der Waals surface area contributed by atoms with E-state index in [0.29, 0.717) is 17.2 Å². The minimum absolute atomic E-state index is 0.190. The number of hydrogen-bond donors (Lipinski definition) is 1. The van der Waals surface area contributed by atoms with E-state index in [1.807, 2.05) is 0 Å². The van der Waals surface area contributed by atoms with Crippen LogP contribution in [0.2, 0.25) is 5.02 Å². The topological polar surface area (TPSA) is 42.0 Å². The van der Waals surface area contributed by atoms with Gasteiger partial charge in [0.2, 0.25) is 5.91 Å². The predicted molar refractivity (Wildman–Crippen MR) is 80.0 cm³/mol. The maximum absolute atomic E-state index is 13.0. The van der Waals surface area contributed by atoms with Gasteiger partial charge in [-0.1, -0.05) is 11.6 Å². The van der Waals surface area contributed by atoms with Gasteiger partial charge in [-0.05, 0) is 24.3 Å². The molecule has 0 spiro atoms. The molecule has 0 saturated carbocycles. The molecule has 1 aromatic carbocycles. The molecular weight excluding hydrogens is 375 g/mol. The zero-order chi connectivity index (χ0) is 17.9. The number of aromatic nitrogens is 1. The van der Waals surface area contributed by atoms with E-state index >= 15 is 0 Å². The standard InChI is InChI=1S/C14H8ClF5N2OS/c15-9-3-7(14(18,19)20)5-21-13(9)22-12(23)6-24-8-1-2-10(16)11(17)4-8/h1-5H,6H2,(H,21,22,23). The molecule has 1 N–H and O–H groups in total. The zero-order valence-electron chi connectivity index (χ0n) is 11.6. The third-order valence-corrected chi connectivity index (χ3v) is 3.97. The Labute approximate surface area is 142 Å². The Balaban J connectivity index is 1.98. The number of amides is 1. The fourth-order valence-electron chi connectivity index (χ4n) is 1.57. The molecule has 0 aliphatic heterocycles. The third-order valence-electron chi connectivity index (χ3n) is 2.69. The molecule has 1 aromatic heterocycles. The summed E-state index contributed by atoms with van der Waals surface area (Å²) in [5.74, 6) is -3.08. The molecule has 2 aromatic rings. The second-order valence-electron chi connectivity index (χ2n) is 4.46. The van der Waals surface area contributed by atoms with Crippen LogP contribution in [0.25, 0.3) is 0 Å². The van der Waals surface area contributed by atoms with Crippen LogP contribution in [0.5, 0.6) is 0 Å². The van der Waals surface area contributed by atoms with Gasteiger partial charge in [-0.25, -0.2) is 13.8 Å². The van der Waals surface area contributed by atoms with Crippen molar-refractivity contribution in [1.82, 2.24) is 4.98 Å². The van der Waals surface area contributed by atoms with Crippen molar-refractivity contribution >= 4 is 35.1 Å². The van der Waals surface area contributed by atoms with Gasteiger partial charge in [0.15, 0.2) is 17.5 Å². The summed E-state index contributed by atoms with van der Waals surface area (Å²) in [7, 11) is 0. The van der Waals surface area contributed by atoms with Crippen molar-refractivity contribution in [3.63, 3.8) is 0 Å². The maximum atomic E-state index is 13.0. The van der Waals surface area contributed by atoms with Gasteiger partial charge in [-0.15, -0.1) is 11.8 Å². The summed E-state index contributed by atoms with van der Waals surface area (Å²) >= 11 is 6.57. The quantitative estimate of drug-likeness (QED) is 0.612. The summed E-state index contributed by atoms with van der Waals surface area (Å²) < 4.78 is 63.3. The lowest BCUT2D eigenvalue weighted by molar-refractivity contribution is -0.137. The van der Waals surface area contributed by atoms with Gasteiger partial charge in [-0.2, -0.15) is 13.2 Å². The molecule has 2 rings (SSSR count). The summed E-state index contributed by atoms with van der Waals surface area (Å²) in [5, 5.41) is 1.88. The molecule has 0 aliphatic carbocycles. The van der Waals surface area contributed by atoms with Crippen LogP contribution in [0.1, 0.15) is 5.56 Å². The molecule has 0 bridgehead atoms. The van der Waals surface area contributed by atoms with Gasteiger partial charge in [0, 0.05) is 11.1 Å². The molecule has 0 aliphatic rings. The molecule has 0 unspecified atom stereocenters. The average Bonchev–Trinajstić information content (AvgIpc) is 2.49. The second kappa shape index (κ2) is 7.35. The monoisotopic (exact) mass is 382 g/mol. The van der Waals surface area contributed by atoms with Crippen molar-refractivity contribution in [1.29, 1.82) is 0 Å². The van der Waals surface area contributed by atoms with E-state index in [1.165, 1.54) is 6.07 Å². The Bertz CT molecular complexity index is 769. The molecule has 0 fully saturated rings. The molecule has 128 valence electrons. The van der Waals surface area contributed by atoms with Crippen molar-refractivity contribution < 1.29 is 26.7 Å². The Kier molecular flexibility index (Phi) is 5.66. The van der Waals surface area contributed by atoms with Crippen LogP contribution in [-0.2, 0) is 11.0 Å². The van der Waals surface area contributed by atoms with Crippen molar-refractivity contribution in [2.24, 2.45) is 0 Å². The summed E-state index contributed by atoms with van der Waals surface area (Å²) in [6, 6.07) is 3.78. The first-order valence-corrected chi connectivity index (χ1v) is 7.63. The van der Waals surface area contributed by atoms with Gasteiger partial charge in [0.05, 0.1) is 16.3 Å². The molecule has 0 atom stereocenters. The van der Waals surface area contributed by atoms with Crippen LogP contribution in [0.4, 0.5) is 27.8 Å². The Morgan fingerprint density at radius 2 is 1.92 bits per heavy atom. The number of nitrogens with one attached hydrogen (secondary N) is 1. The van der Waals surface area contributed by atoms with Gasteiger partial charge in [0.25, 0.3) is 0 Å². The summed E-state index contributed by atoms with van der Waals surface area (Å²) in [6.45, 7) is 0. The number of alkyl halides is 3. The number of nitrogens with zero attached hydrogens (tertiary/aromatic N) is 1. The first-order chi connectivity index (χ1) is 11.2. The predicted octanol–water partition coefficient (Wildman–Crippen LogP) is 4.76. The van der Waals surface area contributed by atoms with Crippen molar-refractivity contribution in [3.05, 3.63) is 52.7 Å². The normalized spacial score (nSPS) is 11.4. The van der Waals surface area contributed by atoms with Crippen molar-refractivity contribution in [2.45, 2.75) is 11.1 Å². The van der Waals surface area contributed by atoms with Gasteiger partial charge in [0.1, 0.15) is 0 Å². The van der Waals surface area contributed by atoms with Gasteiger partial charge < -0.3 is 5.32 Å². The Morgan fingerprint density at radius 3 is 2.50 bits per heavy atom. The maximum Gasteiger partial charge on any atom is 0.417 e. The fraction of sp³-hybridized carbons (Fsp3) is 0.143. The van der Waals surface area contributed by atoms with Crippen LogP contribution >= 0.6 is 23.4 Å². The minimum Gasteiger partial charge on any atom is -0.309 e. The highest BCUT2D eigenvalue weighted by molar-refractivity contribution is 8.00. The number of rotatable bonds is 4. The van der Waals surface area contributed by atoms with Gasteiger partial charge >= 0.3 is 6.18 Å². The first kappa shape index (κ1) is 18.5. The van der Waals surface area contributed by atoms with E-state index in [1.54, 1.807) is 0 Å². The lowest BCUT2D eigenvalue weighted by Gasteiger charge is -2.10. The number of hydrogen-bond acceptors (Lipinski definition) is 3. The lowest BCUT2D eigenvalue weighted by Crippen LogP contribution is -2.16. The van der Waals surface area contributed by atoms with E-state index in [0.717, 1.165) is 23.9 Å². The molecule has 3 nitrogen and oxygen atoms in total. The van der Waals surface area contributed by atoms with Crippen LogP contribution in [-0.4, -0.2) is 16.6 Å². The lowest BCUT2D eigenvalue weighted by atomic mass is 10.3. The zero-order valence-corrected chi connectivity index (χ0v) is 13.2. The number of pyridine rings is 1. The Morgan fingerprint density at radius 1 is 1.21 bits per heavy atom. The van der Waals surface area contributed by atoms with E-state index < -0.39 is 29.3 Å². The largest absolute Gasteiger partial charge is 0.417 e. The highest BCUT2D eigenvalue weighted by atomic mass is 35.5. The number of carbonyl (C=O) groups is 1. The third kappa shape index (κ3) is 4.81. The van der Waals surface area contributed by atoms with Gasteiger partial charge in [-0.3, -0.25) is 4.79 Å². The van der Waals surface area contributed by atoms with E-state index in [9.17, 15) is 26.7 Å². The van der Waals surface area contributed by atoms with E-state index in [4.69, 9.17) is 11.6 Å². The number of halogens is 6. The smallest absolute Gasteiger partial charge is 0.309 e. The summed E-state index contributed by atoms with van der Waals surface area (Å²) in [6.07, 6.45) is -4.05. The number of benzene rings is 1. The van der Waals surface area contributed by atoms with E-state index in [2.05, 4.69) is 10.3 Å². The highest BCUT2D eigenvalue weighted by Crippen LogP contribution is 2.32. The highest BCUT2D eigenvalue weighted by Gasteiger charge is 2.31. The fourth-order valence-corrected chi connectivity index (χ4v) is 2.50. The summed E-state index contributed by atoms with van der Waals surface area (Å²) in [4.78, 5) is 15.5. The average molecular weight is 383 g/mol. The number of thioether (sulfide) groups is 1. The van der Waals surface area contributed by atoms with E-state index in [-0.39, 0.29) is 16.6 Å². The SMILES string of the molecule is O=C(CSc1ccc(F)c(F)c1)Nc1ncc(C(F)(F)F)cc1Cl. The Hall–Kier alpha value is -1.87. The molecule has 1 amide bonds. The van der Waals surface area contributed by atoms with Crippen LogP contribution in [0.15, 0.2) is 35.4 Å². The van der Waals surface area contributed by atoms with Crippen LogP contribution in [0.3, 0.4) is 0 Å². The second-order valence-corrected chi connectivity index (χ2v) is 5.92. The molecule has 0 radical (unpaired) electrons. The molecule has 0 saturated heterocycles. The van der Waals surface area contributed by atoms with Crippen LogP contribution in [0, 0.1) is 11.6 Å². The molecule has 10 heteroatoms. The molecule has 24 heavy (non-hydrogen) atoms. The molecule has 1 heterocycles. The summed E-state index contributed by atoms with van der Waals surface area (Å²) in [5.41, 5.74) is -1.04. The molecular formula is C14H8ClF5N2OS.